The number of hydrogen-bond donors (Lipinski definition) is 1. The molecule has 0 saturated carbocycles. The molecule has 0 radical (unpaired) electrons. The summed E-state index contributed by atoms with van der Waals surface area (Å²) in [4.78, 5) is 16.4. The fraction of sp³-hybridized carbons (Fsp3) is 0.176. The molecule has 2 aromatic carbocycles. The molecule has 0 bridgehead atoms. The van der Waals surface area contributed by atoms with Gasteiger partial charge in [-0.2, -0.15) is 0 Å². The summed E-state index contributed by atoms with van der Waals surface area (Å²) in [5.74, 6) is -1.86. The van der Waals surface area contributed by atoms with E-state index >= 15 is 0 Å². The van der Waals surface area contributed by atoms with Crippen molar-refractivity contribution in [1.82, 2.24) is 9.55 Å². The SMILES string of the molecule is Cc1cc2ncn(CC(=O)Nc3cc(F)cc(F)c3)c2cc1C. The van der Waals surface area contributed by atoms with Crippen molar-refractivity contribution in [1.29, 1.82) is 0 Å². The number of carbonyl (C=O) groups excluding carboxylic acids is 1. The molecule has 0 aliphatic carbocycles. The first kappa shape index (κ1) is 15.1. The second-order valence-corrected chi connectivity index (χ2v) is 5.50. The van der Waals surface area contributed by atoms with Crippen molar-refractivity contribution in [2.24, 2.45) is 0 Å². The molecule has 0 aliphatic heterocycles. The van der Waals surface area contributed by atoms with Crippen molar-refractivity contribution in [2.75, 3.05) is 5.32 Å². The van der Waals surface area contributed by atoms with Crippen LogP contribution in [-0.4, -0.2) is 15.5 Å². The molecule has 23 heavy (non-hydrogen) atoms. The third-order valence-electron chi connectivity index (χ3n) is 3.70. The van der Waals surface area contributed by atoms with E-state index < -0.39 is 11.6 Å². The monoisotopic (exact) mass is 315 g/mol. The fourth-order valence-electron chi connectivity index (χ4n) is 2.42. The van der Waals surface area contributed by atoms with E-state index in [9.17, 15) is 13.6 Å². The lowest BCUT2D eigenvalue weighted by molar-refractivity contribution is -0.116. The molecule has 1 N–H and O–H groups in total. The first-order chi connectivity index (χ1) is 10.9. The van der Waals surface area contributed by atoms with Gasteiger partial charge in [0.05, 0.1) is 17.4 Å². The molecule has 0 spiro atoms. The zero-order chi connectivity index (χ0) is 16.6. The largest absolute Gasteiger partial charge is 0.324 e. The summed E-state index contributed by atoms with van der Waals surface area (Å²) in [5.41, 5.74) is 3.96. The highest BCUT2D eigenvalue weighted by Crippen LogP contribution is 2.19. The van der Waals surface area contributed by atoms with Crippen LogP contribution in [0.4, 0.5) is 14.5 Å². The standard InChI is InChI=1S/C17H15F2N3O/c1-10-3-15-16(4-11(10)2)22(9-20-15)8-17(23)21-14-6-12(18)5-13(19)7-14/h3-7,9H,8H2,1-2H3,(H,21,23). The molecular formula is C17H15F2N3O. The molecule has 1 amide bonds. The van der Waals surface area contributed by atoms with Crippen LogP contribution in [0.15, 0.2) is 36.7 Å². The number of amides is 1. The predicted octanol–water partition coefficient (Wildman–Crippen LogP) is 3.57. The van der Waals surface area contributed by atoms with Crippen LogP contribution < -0.4 is 5.32 Å². The minimum atomic E-state index is -0.737. The van der Waals surface area contributed by atoms with Gasteiger partial charge in [0.25, 0.3) is 0 Å². The molecule has 0 atom stereocenters. The second-order valence-electron chi connectivity index (χ2n) is 5.50. The molecule has 6 heteroatoms. The summed E-state index contributed by atoms with van der Waals surface area (Å²) in [5, 5.41) is 2.49. The maximum absolute atomic E-state index is 13.1. The summed E-state index contributed by atoms with van der Waals surface area (Å²) >= 11 is 0. The number of rotatable bonds is 3. The van der Waals surface area contributed by atoms with Gasteiger partial charge in [0, 0.05) is 11.8 Å². The average Bonchev–Trinajstić information content (AvgIpc) is 2.80. The summed E-state index contributed by atoms with van der Waals surface area (Å²) in [6, 6.07) is 6.82. The molecule has 4 nitrogen and oxygen atoms in total. The number of aryl methyl sites for hydroxylation is 2. The summed E-state index contributed by atoms with van der Waals surface area (Å²) < 4.78 is 28.0. The Balaban J connectivity index is 1.81. The van der Waals surface area contributed by atoms with Crippen LogP contribution in [-0.2, 0) is 11.3 Å². The smallest absolute Gasteiger partial charge is 0.244 e. The first-order valence-corrected chi connectivity index (χ1v) is 7.10. The van der Waals surface area contributed by atoms with E-state index in [4.69, 9.17) is 0 Å². The lowest BCUT2D eigenvalue weighted by atomic mass is 10.1. The Morgan fingerprint density at radius 2 is 1.74 bits per heavy atom. The van der Waals surface area contributed by atoms with Gasteiger partial charge >= 0.3 is 0 Å². The Morgan fingerprint density at radius 1 is 1.09 bits per heavy atom. The van der Waals surface area contributed by atoms with Crippen LogP contribution in [0.2, 0.25) is 0 Å². The topological polar surface area (TPSA) is 46.9 Å². The molecule has 0 saturated heterocycles. The average molecular weight is 315 g/mol. The Morgan fingerprint density at radius 3 is 2.43 bits per heavy atom. The molecule has 118 valence electrons. The van der Waals surface area contributed by atoms with Gasteiger partial charge < -0.3 is 9.88 Å². The molecule has 0 unspecified atom stereocenters. The van der Waals surface area contributed by atoms with Gasteiger partial charge in [-0.3, -0.25) is 4.79 Å². The Bertz CT molecular complexity index is 882. The highest BCUT2D eigenvalue weighted by atomic mass is 19.1. The minimum Gasteiger partial charge on any atom is -0.324 e. The molecular weight excluding hydrogens is 300 g/mol. The van der Waals surface area contributed by atoms with Crippen LogP contribution in [0.1, 0.15) is 11.1 Å². The fourth-order valence-corrected chi connectivity index (χ4v) is 2.42. The van der Waals surface area contributed by atoms with E-state index in [1.807, 2.05) is 26.0 Å². The normalized spacial score (nSPS) is 11.0. The van der Waals surface area contributed by atoms with Crippen LogP contribution in [0.3, 0.4) is 0 Å². The number of halogens is 2. The van der Waals surface area contributed by atoms with Crippen LogP contribution >= 0.6 is 0 Å². The van der Waals surface area contributed by atoms with Gasteiger partial charge in [0.15, 0.2) is 0 Å². The lowest BCUT2D eigenvalue weighted by Gasteiger charge is -2.08. The number of aromatic nitrogens is 2. The zero-order valence-corrected chi connectivity index (χ0v) is 12.7. The first-order valence-electron chi connectivity index (χ1n) is 7.10. The molecule has 3 rings (SSSR count). The van der Waals surface area contributed by atoms with Crippen molar-refractivity contribution in [3.8, 4) is 0 Å². The molecule has 1 heterocycles. The van der Waals surface area contributed by atoms with Gasteiger partial charge in [0.1, 0.15) is 18.2 Å². The number of benzene rings is 2. The number of imidazole rings is 1. The summed E-state index contributed by atoms with van der Waals surface area (Å²) in [7, 11) is 0. The third kappa shape index (κ3) is 3.21. The number of nitrogens with zero attached hydrogens (tertiary/aromatic N) is 2. The number of fused-ring (bicyclic) bond motifs is 1. The van der Waals surface area contributed by atoms with Crippen molar-refractivity contribution >= 4 is 22.6 Å². The highest BCUT2D eigenvalue weighted by molar-refractivity contribution is 5.91. The molecule has 0 aliphatic rings. The van der Waals surface area contributed by atoms with Crippen LogP contribution in [0.5, 0.6) is 0 Å². The van der Waals surface area contributed by atoms with Crippen molar-refractivity contribution < 1.29 is 13.6 Å². The maximum Gasteiger partial charge on any atom is 0.244 e. The van der Waals surface area contributed by atoms with E-state index in [1.54, 1.807) is 10.9 Å². The minimum absolute atomic E-state index is 0.0110. The van der Waals surface area contributed by atoms with E-state index in [-0.39, 0.29) is 18.1 Å². The van der Waals surface area contributed by atoms with E-state index in [0.717, 1.165) is 40.4 Å². The number of nitrogens with one attached hydrogen (secondary N) is 1. The maximum atomic E-state index is 13.1. The van der Waals surface area contributed by atoms with Crippen LogP contribution in [0.25, 0.3) is 11.0 Å². The van der Waals surface area contributed by atoms with Gasteiger partial charge in [-0.1, -0.05) is 0 Å². The molecule has 1 aromatic heterocycles. The van der Waals surface area contributed by atoms with Gasteiger partial charge in [-0.25, -0.2) is 13.8 Å². The zero-order valence-electron chi connectivity index (χ0n) is 12.7. The number of anilines is 1. The van der Waals surface area contributed by atoms with E-state index in [1.165, 1.54) is 0 Å². The highest BCUT2D eigenvalue weighted by Gasteiger charge is 2.10. The van der Waals surface area contributed by atoms with Crippen molar-refractivity contribution in [2.45, 2.75) is 20.4 Å². The Hall–Kier alpha value is -2.76. The van der Waals surface area contributed by atoms with Crippen LogP contribution in [0, 0.1) is 25.5 Å². The third-order valence-corrected chi connectivity index (χ3v) is 3.70. The van der Waals surface area contributed by atoms with Gasteiger partial charge in [-0.05, 0) is 49.2 Å². The van der Waals surface area contributed by atoms with Gasteiger partial charge in [0.2, 0.25) is 5.91 Å². The lowest BCUT2D eigenvalue weighted by Crippen LogP contribution is -2.18. The quantitative estimate of drug-likeness (QED) is 0.803. The van der Waals surface area contributed by atoms with Crippen molar-refractivity contribution in [3.63, 3.8) is 0 Å². The Labute approximate surface area is 131 Å². The van der Waals surface area contributed by atoms with E-state index in [0.29, 0.717) is 0 Å². The second kappa shape index (κ2) is 5.79. The summed E-state index contributed by atoms with van der Waals surface area (Å²) in [6.45, 7) is 4.00. The van der Waals surface area contributed by atoms with Crippen molar-refractivity contribution in [3.05, 3.63) is 59.4 Å². The molecule has 3 aromatic rings. The Kier molecular flexibility index (Phi) is 3.82. The number of hydrogen-bond acceptors (Lipinski definition) is 2. The predicted molar refractivity (Wildman–Crippen MR) is 84.2 cm³/mol. The molecule has 0 fully saturated rings. The number of carbonyl (C=O) groups is 1. The summed E-state index contributed by atoms with van der Waals surface area (Å²) in [6.07, 6.45) is 1.58. The van der Waals surface area contributed by atoms with Gasteiger partial charge in [-0.15, -0.1) is 0 Å². The van der Waals surface area contributed by atoms with E-state index in [2.05, 4.69) is 10.3 Å².